The van der Waals surface area contributed by atoms with Gasteiger partial charge in [0.25, 0.3) is 0 Å². The fourth-order valence-corrected chi connectivity index (χ4v) is 8.43. The van der Waals surface area contributed by atoms with Crippen LogP contribution in [0.2, 0.25) is 0 Å². The summed E-state index contributed by atoms with van der Waals surface area (Å²) < 4.78 is 28.3. The second kappa shape index (κ2) is 53.7. The molecule has 1 heterocycles. The maximum absolute atomic E-state index is 13.1. The van der Waals surface area contributed by atoms with Gasteiger partial charge >= 0.3 is 23.9 Å². The minimum Gasteiger partial charge on any atom is -0.479 e. The summed E-state index contributed by atoms with van der Waals surface area (Å²) in [7, 11) is 0. The van der Waals surface area contributed by atoms with Gasteiger partial charge in [-0.1, -0.05) is 219 Å². The molecule has 1 saturated heterocycles. The van der Waals surface area contributed by atoms with Gasteiger partial charge in [0.05, 0.1) is 13.0 Å². The molecule has 0 saturated carbocycles. The molecule has 1 aliphatic rings. The van der Waals surface area contributed by atoms with Crippen molar-refractivity contribution in [3.63, 3.8) is 0 Å². The van der Waals surface area contributed by atoms with E-state index in [0.29, 0.717) is 25.7 Å². The van der Waals surface area contributed by atoms with E-state index in [2.05, 4.69) is 118 Å². The highest BCUT2D eigenvalue weighted by atomic mass is 16.7. The van der Waals surface area contributed by atoms with Crippen LogP contribution in [0.1, 0.15) is 226 Å². The molecular weight excluding hydrogens is 997 g/mol. The number of aliphatic hydroxyl groups is 2. The zero-order valence-electron chi connectivity index (χ0n) is 49.1. The number of aliphatic carboxylic acids is 1. The van der Waals surface area contributed by atoms with E-state index in [4.69, 9.17) is 23.7 Å². The molecule has 79 heavy (non-hydrogen) atoms. The molecule has 0 spiro atoms. The number of hydrogen-bond donors (Lipinski definition) is 3. The van der Waals surface area contributed by atoms with E-state index in [9.17, 15) is 34.5 Å². The Morgan fingerprint density at radius 1 is 0.443 bits per heavy atom. The molecule has 6 atom stereocenters. The Morgan fingerprint density at radius 3 is 1.32 bits per heavy atom. The second-order valence-corrected chi connectivity index (χ2v) is 20.2. The van der Waals surface area contributed by atoms with Crippen LogP contribution < -0.4 is 0 Å². The Bertz CT molecular complexity index is 1840. The summed E-state index contributed by atoms with van der Waals surface area (Å²) in [6, 6.07) is 0. The van der Waals surface area contributed by atoms with Crippen molar-refractivity contribution < 1.29 is 58.2 Å². The number of carbonyl (C=O) groups excluding carboxylic acids is 3. The van der Waals surface area contributed by atoms with E-state index in [0.717, 1.165) is 83.5 Å². The first-order valence-electron chi connectivity index (χ1n) is 30.5. The summed E-state index contributed by atoms with van der Waals surface area (Å²) in [6.45, 7) is 5.65. The molecule has 6 unspecified atom stereocenters. The molecule has 0 aliphatic carbocycles. The third-order valence-electron chi connectivity index (χ3n) is 13.0. The quantitative estimate of drug-likeness (QED) is 0.0228. The van der Waals surface area contributed by atoms with Gasteiger partial charge in [-0.3, -0.25) is 14.4 Å². The molecule has 0 aromatic carbocycles. The van der Waals surface area contributed by atoms with Gasteiger partial charge in [0, 0.05) is 12.8 Å². The Morgan fingerprint density at radius 2 is 0.835 bits per heavy atom. The maximum Gasteiger partial charge on any atom is 0.335 e. The minimum atomic E-state index is -1.94. The lowest BCUT2D eigenvalue weighted by Gasteiger charge is -2.40. The van der Waals surface area contributed by atoms with Gasteiger partial charge in [0.15, 0.2) is 24.6 Å². The van der Waals surface area contributed by atoms with Gasteiger partial charge in [-0.15, -0.1) is 0 Å². The first-order valence-corrected chi connectivity index (χ1v) is 30.5. The first kappa shape index (κ1) is 72.1. The molecule has 3 N–H and O–H groups in total. The van der Waals surface area contributed by atoms with Gasteiger partial charge < -0.3 is 39.0 Å². The number of aliphatic hydroxyl groups excluding tert-OH is 2. The lowest BCUT2D eigenvalue weighted by molar-refractivity contribution is -0.301. The van der Waals surface area contributed by atoms with Crippen LogP contribution in [0.4, 0.5) is 0 Å². The van der Waals surface area contributed by atoms with Crippen molar-refractivity contribution in [2.75, 3.05) is 13.2 Å². The zero-order valence-corrected chi connectivity index (χ0v) is 49.1. The van der Waals surface area contributed by atoms with Crippen LogP contribution >= 0.6 is 0 Å². The highest BCUT2D eigenvalue weighted by Crippen LogP contribution is 2.26. The third kappa shape index (κ3) is 43.6. The average Bonchev–Trinajstić information content (AvgIpc) is 3.46. The first-order chi connectivity index (χ1) is 38.6. The predicted octanol–water partition coefficient (Wildman–Crippen LogP) is 16.0. The van der Waals surface area contributed by atoms with Crippen LogP contribution in [0.15, 0.2) is 122 Å². The van der Waals surface area contributed by atoms with Crippen molar-refractivity contribution in [1.82, 2.24) is 0 Å². The topological polar surface area (TPSA) is 175 Å². The standard InChI is InChI=1S/C67H106O12/c1-4-7-10-13-16-19-22-25-28-29-30-31-34-35-38-41-44-47-50-53-59(68)75-56-58(77-60(69)54-51-48-45-42-39-36-32-26-23-20-17-14-11-8-5-2)57-76-67-65(63(72)62(71)64(79-67)66(73)74)78-61(70)55-52-49-46-43-40-37-33-27-24-21-18-15-12-9-6-3/h8-9,11-12,17-18,20-21,25-28,32-33,39-40,42-43,48,51,58,62-65,67,71-72H,4-7,10,13-16,19,22-24,29-31,34-38,41,44-47,49-50,52-57H2,1-3H3,(H,73,74)/b11-8-,12-9-,20-17-,21-18-,28-25-,32-26-,33-27-,42-39-,43-40-,51-48-. The van der Waals surface area contributed by atoms with E-state index in [1.807, 2.05) is 18.2 Å². The number of esters is 3. The van der Waals surface area contributed by atoms with Crippen LogP contribution in [0, 0.1) is 0 Å². The number of carbonyl (C=O) groups is 4. The molecule has 446 valence electrons. The summed E-state index contributed by atoms with van der Waals surface area (Å²) in [6.07, 6.45) is 62.0. The molecule has 0 radical (unpaired) electrons. The minimum absolute atomic E-state index is 0.00835. The lowest BCUT2D eigenvalue weighted by atomic mass is 9.98. The molecule has 0 bridgehead atoms. The molecule has 12 nitrogen and oxygen atoms in total. The van der Waals surface area contributed by atoms with Crippen LogP contribution in [-0.4, -0.2) is 89.2 Å². The molecule has 1 rings (SSSR count). The Balaban J connectivity index is 2.75. The Kier molecular flexibility index (Phi) is 49.1. The van der Waals surface area contributed by atoms with Crippen molar-refractivity contribution in [3.8, 4) is 0 Å². The SMILES string of the molecule is CC/C=C\C/C=C\C/C=C\C/C=C\C/C=C\CC(=O)OC(COC(=O)CCCCCCCCCCC/C=C\CCCCCCCC)COC1OC(C(=O)O)C(O)C(O)C1OC(=O)CCCC/C=C\C/C=C\C/C=C\C/C=C\CC. The van der Waals surface area contributed by atoms with E-state index in [1.165, 1.54) is 77.0 Å². The molecule has 0 aromatic heterocycles. The number of allylic oxidation sites excluding steroid dienone is 19. The maximum atomic E-state index is 13.1. The second-order valence-electron chi connectivity index (χ2n) is 20.2. The highest BCUT2D eigenvalue weighted by molar-refractivity contribution is 5.74. The number of rotatable bonds is 50. The van der Waals surface area contributed by atoms with Crippen molar-refractivity contribution in [3.05, 3.63) is 122 Å². The van der Waals surface area contributed by atoms with E-state index >= 15 is 0 Å². The lowest BCUT2D eigenvalue weighted by Crippen LogP contribution is -2.61. The normalized spacial score (nSPS) is 18.7. The number of ether oxygens (including phenoxy) is 5. The van der Waals surface area contributed by atoms with Crippen molar-refractivity contribution in [2.24, 2.45) is 0 Å². The fraction of sp³-hybridized carbons (Fsp3) is 0.642. The van der Waals surface area contributed by atoms with Crippen molar-refractivity contribution in [1.29, 1.82) is 0 Å². The number of hydrogen-bond acceptors (Lipinski definition) is 11. The average molecular weight is 1100 g/mol. The highest BCUT2D eigenvalue weighted by Gasteiger charge is 2.50. The summed E-state index contributed by atoms with van der Waals surface area (Å²) in [5.74, 6) is -3.36. The third-order valence-corrected chi connectivity index (χ3v) is 13.0. The van der Waals surface area contributed by atoms with Gasteiger partial charge in [-0.25, -0.2) is 4.79 Å². The smallest absolute Gasteiger partial charge is 0.335 e. The van der Waals surface area contributed by atoms with Crippen LogP contribution in [-0.2, 0) is 42.9 Å². The van der Waals surface area contributed by atoms with Gasteiger partial charge in [0.2, 0.25) is 0 Å². The zero-order chi connectivity index (χ0) is 57.5. The number of unbranched alkanes of at least 4 members (excludes halogenated alkanes) is 17. The van der Waals surface area contributed by atoms with Gasteiger partial charge in [-0.2, -0.15) is 0 Å². The van der Waals surface area contributed by atoms with E-state index in [1.54, 1.807) is 6.08 Å². The molecule has 1 fully saturated rings. The number of carboxylic acid groups (broad SMARTS) is 1. The Labute approximate surface area is 478 Å². The summed E-state index contributed by atoms with van der Waals surface area (Å²) in [5.41, 5.74) is 0. The van der Waals surface area contributed by atoms with Crippen LogP contribution in [0.3, 0.4) is 0 Å². The fourth-order valence-electron chi connectivity index (χ4n) is 8.43. The molecule has 0 amide bonds. The molecular formula is C67H106O12. The summed E-state index contributed by atoms with van der Waals surface area (Å²) in [5, 5.41) is 31.5. The predicted molar refractivity (Wildman–Crippen MR) is 321 cm³/mol. The van der Waals surface area contributed by atoms with Gasteiger partial charge in [-0.05, 0) is 109 Å². The van der Waals surface area contributed by atoms with E-state index < -0.39 is 67.3 Å². The molecule has 1 aliphatic heterocycles. The summed E-state index contributed by atoms with van der Waals surface area (Å²) >= 11 is 0. The van der Waals surface area contributed by atoms with Crippen LogP contribution in [0.25, 0.3) is 0 Å². The van der Waals surface area contributed by atoms with Crippen molar-refractivity contribution in [2.45, 2.75) is 263 Å². The van der Waals surface area contributed by atoms with Gasteiger partial charge in [0.1, 0.15) is 18.8 Å². The number of carboxylic acids is 1. The molecule has 0 aromatic rings. The summed E-state index contributed by atoms with van der Waals surface area (Å²) in [4.78, 5) is 51.1. The van der Waals surface area contributed by atoms with E-state index in [-0.39, 0.29) is 25.9 Å². The largest absolute Gasteiger partial charge is 0.479 e. The van der Waals surface area contributed by atoms with Crippen molar-refractivity contribution >= 4 is 23.9 Å². The monoisotopic (exact) mass is 1100 g/mol. The molecule has 12 heteroatoms. The van der Waals surface area contributed by atoms with Crippen LogP contribution in [0.5, 0.6) is 0 Å². The Hall–Kier alpha value is -4.88.